The summed E-state index contributed by atoms with van der Waals surface area (Å²) in [5, 5.41) is 31.9. The van der Waals surface area contributed by atoms with Crippen molar-refractivity contribution in [3.05, 3.63) is 193 Å². The molecule has 485 valence electrons. The maximum Gasteiger partial charge on any atom is 1.00 e. The summed E-state index contributed by atoms with van der Waals surface area (Å²) in [6.45, 7) is 11.9. The fraction of sp³-hybridized carbons (Fsp3) is 0.226. The summed E-state index contributed by atoms with van der Waals surface area (Å²) in [5.74, 6) is -3.74. The summed E-state index contributed by atoms with van der Waals surface area (Å²) >= 11 is 2.93. The second-order valence-corrected chi connectivity index (χ2v) is 20.3. The van der Waals surface area contributed by atoms with E-state index in [0.29, 0.717) is 48.5 Å². The van der Waals surface area contributed by atoms with Crippen LogP contribution in [0.15, 0.2) is 188 Å². The van der Waals surface area contributed by atoms with Crippen LogP contribution in [0.5, 0.6) is 0 Å². The van der Waals surface area contributed by atoms with E-state index in [1.807, 2.05) is 104 Å². The first-order valence-corrected chi connectivity index (χ1v) is 29.4. The van der Waals surface area contributed by atoms with Gasteiger partial charge >= 0.3 is 48.7 Å². The third kappa shape index (κ3) is 32.2. The number of rotatable bonds is 18. The van der Waals surface area contributed by atoms with Crippen LogP contribution in [0.2, 0.25) is 0 Å². The van der Waals surface area contributed by atoms with Crippen LogP contribution < -0.4 is 18.9 Å². The Morgan fingerprint density at radius 1 is 0.646 bits per heavy atom. The van der Waals surface area contributed by atoms with Crippen LogP contribution in [-0.2, 0) is 74.1 Å². The Morgan fingerprint density at radius 3 is 1.48 bits per heavy atom. The van der Waals surface area contributed by atoms with Gasteiger partial charge in [0.2, 0.25) is 0 Å². The normalized spacial score (nSPS) is 9.46. The van der Waals surface area contributed by atoms with E-state index < -0.39 is 48.8 Å². The quantitative estimate of drug-likeness (QED) is 0.0111. The zero-order chi connectivity index (χ0) is 68.1. The number of nitrogens with zero attached hydrogens (tertiary/aromatic N) is 4. The Balaban J connectivity index is -0.000000519. The predicted octanol–water partition coefficient (Wildman–Crippen LogP) is 3.42. The SMILES string of the molecule is C.C=C(Br)OOCC.CC(=O)OC(C)=O.CC(=O)OCCn1ccc2ccccc21.COC(=O)C(=O)c1cn(CCO)c2ccccc12.F.O=C(O)Cn1ccc2ccccc21.OCCn1ccc2ccccc21.[AlH3].[B][B]B([B])B(B([B])[B])B([B])[B].[H-].[HH].[Li+].c1ccc2[nH]ccc2c1. The number of benzene rings is 5. The van der Waals surface area contributed by atoms with E-state index in [2.05, 4.69) is 110 Å². The predicted molar refractivity (Wildman–Crippen MR) is 400 cm³/mol. The summed E-state index contributed by atoms with van der Waals surface area (Å²) in [7, 11) is 34.7. The number of hydrogen-bond acceptors (Lipinski definition) is 13. The molecule has 0 saturated carbocycles. The minimum absolute atomic E-state index is 0. The summed E-state index contributed by atoms with van der Waals surface area (Å²) in [6.07, 6.45) is 7.17. The fourth-order valence-electron chi connectivity index (χ4n) is 8.63. The third-order valence-electron chi connectivity index (χ3n) is 12.6. The average molecular weight is 1370 g/mol. The largest absolute Gasteiger partial charge is 1.00 e. The van der Waals surface area contributed by atoms with Crippen LogP contribution in [0, 0.1) is 0 Å². The summed E-state index contributed by atoms with van der Waals surface area (Å²) in [4.78, 5) is 75.8. The number of carbonyl (C=O) groups is 6. The Kier molecular flexibility index (Phi) is 47.4. The van der Waals surface area contributed by atoms with E-state index in [9.17, 15) is 28.8 Å². The number of carboxylic acid groups (broad SMARTS) is 1. The van der Waals surface area contributed by atoms with E-state index in [1.165, 1.54) is 67.7 Å². The molecular formula is C62H77AlB11BrFLiN5O14. The van der Waals surface area contributed by atoms with Crippen molar-refractivity contribution >= 4 is 202 Å². The smallest absolute Gasteiger partial charge is 1.00 e. The second kappa shape index (κ2) is 50.1. The number of carbonyl (C=O) groups excluding carboxylic acids is 5. The molecule has 0 saturated heterocycles. The number of esters is 4. The molecule has 5 aromatic heterocycles. The van der Waals surface area contributed by atoms with Gasteiger partial charge in [-0.3, -0.25) is 28.7 Å². The number of nitrogens with one attached hydrogen (secondary N) is 1. The number of aliphatic carboxylic acids is 1. The summed E-state index contributed by atoms with van der Waals surface area (Å²) in [5.41, 5.74) is 5.63. The van der Waals surface area contributed by atoms with Crippen LogP contribution in [0.1, 0.15) is 48.3 Å². The number of aromatic amines is 1. The molecule has 13 radical (unpaired) electrons. The molecule has 0 aliphatic heterocycles. The molecule has 34 heteroatoms. The summed E-state index contributed by atoms with van der Waals surface area (Å²) < 4.78 is 21.3. The molecule has 0 atom stereocenters. The van der Waals surface area contributed by atoms with Crippen molar-refractivity contribution in [2.45, 2.75) is 61.3 Å². The molecular weight excluding hydrogens is 1290 g/mol. The number of ketones is 1. The number of methoxy groups -OCH3 is 1. The molecule has 0 unspecified atom stereocenters. The molecule has 0 aliphatic carbocycles. The maximum atomic E-state index is 11.9. The van der Waals surface area contributed by atoms with Gasteiger partial charge in [0.1, 0.15) is 13.2 Å². The van der Waals surface area contributed by atoms with Crippen LogP contribution in [0.25, 0.3) is 54.5 Å². The van der Waals surface area contributed by atoms with Crippen molar-refractivity contribution in [3.63, 3.8) is 0 Å². The van der Waals surface area contributed by atoms with Gasteiger partial charge in [0, 0.05) is 178 Å². The number of aliphatic hydroxyl groups excluding tert-OH is 2. The Morgan fingerprint density at radius 2 is 1.08 bits per heavy atom. The number of aromatic nitrogens is 5. The molecule has 10 aromatic rings. The number of ether oxygens (including phenoxy) is 3. The first-order valence-electron chi connectivity index (χ1n) is 28.6. The van der Waals surface area contributed by atoms with E-state index in [4.69, 9.17) is 66.5 Å². The van der Waals surface area contributed by atoms with Crippen LogP contribution in [0.3, 0.4) is 0 Å². The number of hydrogen-bond donors (Lipinski definition) is 4. The first kappa shape index (κ1) is 90.8. The van der Waals surface area contributed by atoms with Crippen molar-refractivity contribution in [3.8, 4) is 0 Å². The van der Waals surface area contributed by atoms with Gasteiger partial charge in [-0.25, -0.2) is 4.79 Å². The van der Waals surface area contributed by atoms with Gasteiger partial charge in [-0.1, -0.05) is 98.4 Å². The van der Waals surface area contributed by atoms with Crippen molar-refractivity contribution in [2.24, 2.45) is 0 Å². The van der Waals surface area contributed by atoms with Crippen molar-refractivity contribution in [2.75, 3.05) is 33.5 Å². The van der Waals surface area contributed by atoms with Crippen LogP contribution in [-0.4, -0.2) is 204 Å². The number of para-hydroxylation sites is 5. The third-order valence-corrected chi connectivity index (χ3v) is 12.8. The van der Waals surface area contributed by atoms with E-state index in [0.717, 1.165) is 16.4 Å². The van der Waals surface area contributed by atoms with Crippen molar-refractivity contribution in [1.29, 1.82) is 0 Å². The van der Waals surface area contributed by atoms with Gasteiger partial charge in [-0.2, -0.15) is 4.89 Å². The Bertz CT molecular complexity index is 3880. The number of halogens is 2. The number of H-pyrrole nitrogens is 1. The van der Waals surface area contributed by atoms with Crippen molar-refractivity contribution in [1.82, 2.24) is 23.3 Å². The molecule has 0 fully saturated rings. The average Bonchev–Trinajstić information content (AvgIpc) is 1.65. The Labute approximate surface area is 604 Å². The standard InChI is InChI=1S/C13H13NO4.C12H13NO2.C10H9NO2.C10H11NO.C8H7N.C4H7BrO2.C4H6O3.CH4.Al.B11.FH.Li.H2.4H/c1-18-13(17)12(16)10-8-14(6-7-15)11-5-3-2-4-9(10)11;1-10(14)15-9-8-13-7-6-11-4-2-3-5-12(11)13;12-10(13)7-11-6-5-8-3-1-2-4-9(8)11;12-8-7-11-6-5-9-3-1-2-4-10(9)11;1-2-4-8-7(3-1)5-6-9-8;1-3-6-7-4(2)5;1-3(5)7-4(2)6;;;1-7-10(6)11(8(2)3)9(4)5;;;;;;;/h2-5,8,15H,6-7H2,1H3;2-7H,8-9H2,1H3;1-6H,7H2,(H,12,13);1-6,12H,7-8H2;1-6,9H;2-3H2,1H3;1-2H3;1H4;;;1H;;1H;;;;/q;;;;;;;;;;;+1;;;;;-1. The monoisotopic (exact) mass is 1370 g/mol. The second-order valence-electron chi connectivity index (χ2n) is 19.4. The molecule has 10 rings (SSSR count). The molecule has 4 N–H and O–H groups in total. The van der Waals surface area contributed by atoms with Gasteiger partial charge < -0.3 is 59.1 Å². The summed E-state index contributed by atoms with van der Waals surface area (Å²) in [6, 6.07) is 47.6. The number of carboxylic acids is 1. The van der Waals surface area contributed by atoms with Crippen molar-refractivity contribution < 1.29 is 94.5 Å². The zero-order valence-electron chi connectivity index (χ0n) is 54.4. The molecule has 19 nitrogen and oxygen atoms in total. The molecule has 0 spiro atoms. The van der Waals surface area contributed by atoms with Gasteiger partial charge in [0.05, 0.1) is 39.0 Å². The van der Waals surface area contributed by atoms with E-state index >= 15 is 0 Å². The molecule has 0 amide bonds. The van der Waals surface area contributed by atoms with Gasteiger partial charge in [0.15, 0.2) is 22.0 Å². The van der Waals surface area contributed by atoms with Gasteiger partial charge in [-0.05, 0) is 106 Å². The van der Waals surface area contributed by atoms with E-state index in [1.54, 1.807) is 33.7 Å². The number of aliphatic hydroxyl groups is 2. The molecule has 96 heavy (non-hydrogen) atoms. The fourth-order valence-corrected chi connectivity index (χ4v) is 8.73. The van der Waals surface area contributed by atoms with Crippen LogP contribution >= 0.6 is 15.9 Å². The zero-order valence-corrected chi connectivity index (χ0v) is 55.0. The number of Topliss-reactive ketones (excluding diaryl/α,β-unsaturated/α-hetero) is 1. The topological polar surface area (TPSA) is 245 Å². The minimum atomic E-state index is -0.887. The first-order chi connectivity index (χ1) is 44.0. The minimum Gasteiger partial charge on any atom is -1.00 e. The molecule has 5 heterocycles. The van der Waals surface area contributed by atoms with Crippen LogP contribution in [0.4, 0.5) is 4.70 Å². The van der Waals surface area contributed by atoms with E-state index in [-0.39, 0.29) is 83.3 Å². The molecule has 0 aliphatic rings. The maximum absolute atomic E-state index is 11.9. The van der Waals surface area contributed by atoms with Gasteiger partial charge in [-0.15, -0.1) is 0 Å². The molecule has 5 aromatic carbocycles. The molecule has 0 bridgehead atoms. The Hall–Kier alpha value is -7.31. The number of fused-ring (bicyclic) bond motifs is 5. The van der Waals surface area contributed by atoms with Gasteiger partial charge in [0.25, 0.3) is 5.78 Å².